The van der Waals surface area contributed by atoms with Gasteiger partial charge in [-0.25, -0.2) is 0 Å². The molecule has 0 atom stereocenters. The van der Waals surface area contributed by atoms with Crippen molar-refractivity contribution >= 4 is 116 Å². The van der Waals surface area contributed by atoms with Crippen LogP contribution in [0, 0.1) is 15.3 Å². The quantitative estimate of drug-likeness (QED) is 0.0768. The first-order chi connectivity index (χ1) is 36.9. The van der Waals surface area contributed by atoms with Gasteiger partial charge in [0.1, 0.15) is 15.9 Å². The third kappa shape index (κ3) is 17.6. The van der Waals surface area contributed by atoms with Gasteiger partial charge in [-0.05, 0) is 79.2 Å². The molecule has 0 N–H and O–H groups in total. The Balaban J connectivity index is 0.000000224. The Labute approximate surface area is 505 Å². The van der Waals surface area contributed by atoms with Crippen LogP contribution in [0.4, 0.5) is 0 Å². The molecule has 11 heteroatoms. The molecule has 9 aromatic rings. The average molecular weight is 1390 g/mol. The van der Waals surface area contributed by atoms with E-state index in [9.17, 15) is 0 Å². The Morgan fingerprint density at radius 1 is 0.377 bits per heavy atom. The summed E-state index contributed by atoms with van der Waals surface area (Å²) in [7, 11) is 14.5. The van der Waals surface area contributed by atoms with Crippen LogP contribution < -0.4 is 42.4 Å². The minimum Gasteiger partial charge on any atom is 0 e. The molecular weight excluding hydrogens is 1330 g/mol. The van der Waals surface area contributed by atoms with Gasteiger partial charge in [-0.3, -0.25) is 0 Å². The van der Waals surface area contributed by atoms with Crippen molar-refractivity contribution in [1.82, 2.24) is 0 Å². The largest absolute Gasteiger partial charge is 0 e. The molecule has 0 unspecified atom stereocenters. The van der Waals surface area contributed by atoms with Gasteiger partial charge in [0.15, 0.2) is 0 Å². The molecule has 0 bridgehead atoms. The van der Waals surface area contributed by atoms with Gasteiger partial charge < -0.3 is 27.6 Å². The molecule has 0 radical (unpaired) electrons. The van der Waals surface area contributed by atoms with Crippen LogP contribution in [0.15, 0.2) is 278 Å². The van der Waals surface area contributed by atoms with Crippen LogP contribution in [0.1, 0.15) is 47.1 Å². The maximum absolute atomic E-state index is 4.81. The normalized spacial score (nSPS) is 12.2. The van der Waals surface area contributed by atoms with Crippen molar-refractivity contribution in [2.75, 3.05) is 0 Å². The molecule has 9 aromatic carbocycles. The van der Waals surface area contributed by atoms with Crippen LogP contribution in [0.3, 0.4) is 0 Å². The van der Waals surface area contributed by atoms with Crippen molar-refractivity contribution in [2.45, 2.75) is 47.0 Å². The summed E-state index contributed by atoms with van der Waals surface area (Å²) in [6, 6.07) is 94.4. The van der Waals surface area contributed by atoms with Gasteiger partial charge in [0.05, 0.1) is 7.92 Å². The zero-order valence-electron chi connectivity index (χ0n) is 43.9. The zero-order chi connectivity index (χ0) is 53.9. The topological polar surface area (TPSA) is 0 Å². The number of benzene rings is 8. The Morgan fingerprint density at radius 2 is 0.623 bits per heavy atom. The van der Waals surface area contributed by atoms with Crippen LogP contribution in [-0.2, 0) is 54.4 Å². The third-order valence-electron chi connectivity index (χ3n) is 13.1. The molecule has 0 saturated heterocycles. The second-order valence-corrected chi connectivity index (χ2v) is 34.7. The van der Waals surface area contributed by atoms with E-state index in [2.05, 4.69) is 308 Å². The first kappa shape index (κ1) is 63.4. The smallest absolute Gasteiger partial charge is 0 e. The molecule has 0 amide bonds. The van der Waals surface area contributed by atoms with E-state index in [1.807, 2.05) is 0 Å². The van der Waals surface area contributed by atoms with E-state index in [0.717, 1.165) is 0 Å². The van der Waals surface area contributed by atoms with Crippen LogP contribution in [0.5, 0.6) is 0 Å². The van der Waals surface area contributed by atoms with Gasteiger partial charge in [0, 0.05) is 22.4 Å². The first-order valence-electron chi connectivity index (χ1n) is 25.1. The molecule has 0 spiro atoms. The molecular formula is C66H66Cl4FeP4Pd2-2. The Kier molecular flexibility index (Phi) is 26.3. The monoisotopic (exact) mass is 1390 g/mol. The molecule has 0 nitrogen and oxygen atoms in total. The van der Waals surface area contributed by atoms with E-state index in [1.165, 1.54) is 53.6 Å². The average Bonchev–Trinajstić information content (AvgIpc) is 4.13. The standard InChI is InChI=1S/C33H33P2.C33H32P2.4ClH.Fe.2Pd/c2*1-33(2,3)26-24-31(34(27-16-8-4-9-17-27)28-18-10-5-11-19-28)32(25-26)35(29-20-12-6-13-21-29)30-22-14-7-15-23-30;;;;;;;/h4-25,34-35H,1-3H3;4-25,34H,1-3H3;4*1H;;;/q-3;;;;;;;2*+2/p-3. The second-order valence-electron chi connectivity index (χ2n) is 20.2. The number of hydrogen-bond acceptors (Lipinski definition) is 0. The molecule has 408 valence electrons. The van der Waals surface area contributed by atoms with Crippen molar-refractivity contribution in [3.8, 4) is 0 Å². The van der Waals surface area contributed by atoms with E-state index in [-0.39, 0.29) is 59.8 Å². The maximum Gasteiger partial charge on any atom is 0 e. The SMILES string of the molecule is CC(C)(C)C1=CC(=[PH](c2ccccc2)c2ccccc2)C([PH+](c2ccccc2)c2ccccc2)=C1.CC(C)(C)[c-]1[cH-]c(=[PH](c2ccccc2)c2ccccc2)c(=[PH](c2ccccc2)c2ccccc2)[cH-]1.[Cl][Pd][Cl].[Cl][Pd][Cl].[Fe]. The van der Waals surface area contributed by atoms with Crippen LogP contribution in [0.25, 0.3) is 0 Å². The number of rotatable bonds is 9. The molecule has 77 heavy (non-hydrogen) atoms. The fourth-order valence-corrected chi connectivity index (χ4v) is 21.6. The van der Waals surface area contributed by atoms with E-state index in [0.29, 0.717) is 0 Å². The van der Waals surface area contributed by atoms with Gasteiger partial charge in [-0.15, -0.1) is 7.55 Å². The van der Waals surface area contributed by atoms with Crippen molar-refractivity contribution in [2.24, 2.45) is 5.41 Å². The van der Waals surface area contributed by atoms with E-state index in [4.69, 9.17) is 38.1 Å². The molecule has 0 fully saturated rings. The molecule has 0 saturated carbocycles. The fourth-order valence-electron chi connectivity index (χ4n) is 9.46. The van der Waals surface area contributed by atoms with Crippen molar-refractivity contribution < 1.29 is 48.9 Å². The summed E-state index contributed by atoms with van der Waals surface area (Å²) in [5, 5.41) is 14.6. The minimum absolute atomic E-state index is 0. The predicted octanol–water partition coefficient (Wildman–Crippen LogP) is 16.4. The van der Waals surface area contributed by atoms with Crippen molar-refractivity contribution in [3.63, 3.8) is 0 Å². The zero-order valence-corrected chi connectivity index (χ0v) is 55.1. The third-order valence-corrected chi connectivity index (χ3v) is 24.7. The van der Waals surface area contributed by atoms with E-state index < -0.39 is 30.6 Å². The summed E-state index contributed by atoms with van der Waals surface area (Å²) in [6.07, 6.45) is 5.08. The van der Waals surface area contributed by atoms with Gasteiger partial charge >= 0.3 is 70.0 Å². The molecule has 0 heterocycles. The molecule has 10 rings (SSSR count). The summed E-state index contributed by atoms with van der Waals surface area (Å²) >= 11 is -0.211. The second kappa shape index (κ2) is 32.0. The summed E-state index contributed by atoms with van der Waals surface area (Å²) in [5.74, 6) is 0. The van der Waals surface area contributed by atoms with Gasteiger partial charge in [0.2, 0.25) is 0 Å². The van der Waals surface area contributed by atoms with Gasteiger partial charge in [0.25, 0.3) is 0 Å². The summed E-state index contributed by atoms with van der Waals surface area (Å²) < 4.78 is 0. The fraction of sp³-hybridized carbons (Fsp3) is 0.121. The molecule has 0 aromatic heterocycles. The Bertz CT molecular complexity index is 3170. The van der Waals surface area contributed by atoms with Crippen LogP contribution in [0.2, 0.25) is 0 Å². The molecule has 1 aliphatic carbocycles. The van der Waals surface area contributed by atoms with Crippen molar-refractivity contribution in [3.05, 3.63) is 293 Å². The summed E-state index contributed by atoms with van der Waals surface area (Å²) in [5.41, 5.74) is 3.05. The minimum atomic E-state index is -1.18. The van der Waals surface area contributed by atoms with Gasteiger partial charge in [-0.1, -0.05) is 273 Å². The summed E-state index contributed by atoms with van der Waals surface area (Å²) in [6.45, 7) is 14.0. The van der Waals surface area contributed by atoms with Gasteiger partial charge in [-0.2, -0.15) is 7.55 Å². The maximum atomic E-state index is 4.81. The van der Waals surface area contributed by atoms with Crippen LogP contribution >= 0.6 is 68.7 Å². The molecule has 1 aliphatic rings. The molecule has 0 aliphatic heterocycles. The van der Waals surface area contributed by atoms with Crippen LogP contribution in [-0.4, -0.2) is 5.29 Å². The Hall–Kier alpha value is -2.82. The Morgan fingerprint density at radius 3 is 0.870 bits per heavy atom. The van der Waals surface area contributed by atoms with Crippen molar-refractivity contribution in [1.29, 1.82) is 0 Å². The van der Waals surface area contributed by atoms with E-state index in [1.54, 1.807) is 20.5 Å². The number of halogens is 4. The number of hydrogen-bond donors (Lipinski definition) is 0. The number of allylic oxidation sites excluding steroid dienone is 4. The first-order valence-corrected chi connectivity index (χ1v) is 39.1. The summed E-state index contributed by atoms with van der Waals surface area (Å²) in [4.78, 5) is 3.08. The van der Waals surface area contributed by atoms with E-state index >= 15 is 0 Å². The predicted molar refractivity (Wildman–Crippen MR) is 344 cm³/mol.